The molecule has 1 aromatic heterocycles. The average Bonchev–Trinajstić information content (AvgIpc) is 3.42. The Bertz CT molecular complexity index is 1470. The van der Waals surface area contributed by atoms with Crippen LogP contribution in [0.4, 0.5) is 18.0 Å². The lowest BCUT2D eigenvalue weighted by atomic mass is 10.1. The maximum Gasteiger partial charge on any atom is 0.416 e. The lowest BCUT2D eigenvalue weighted by Gasteiger charge is -2.27. The van der Waals surface area contributed by atoms with E-state index in [4.69, 9.17) is 14.2 Å². The lowest BCUT2D eigenvalue weighted by Crippen LogP contribution is -2.42. The van der Waals surface area contributed by atoms with Crippen LogP contribution in [0.3, 0.4) is 0 Å². The van der Waals surface area contributed by atoms with Crippen LogP contribution in [0.2, 0.25) is 0 Å². The second-order valence-electron chi connectivity index (χ2n) is 9.25. The van der Waals surface area contributed by atoms with Gasteiger partial charge in [-0.05, 0) is 53.2 Å². The number of carbonyl (C=O) groups is 2. The number of thioether (sulfide) groups is 1. The zero-order valence-electron chi connectivity index (χ0n) is 21.9. The molecule has 9 nitrogen and oxygen atoms in total. The Morgan fingerprint density at radius 3 is 2.52 bits per heavy atom. The summed E-state index contributed by atoms with van der Waals surface area (Å²) in [5.41, 5.74) is 0.395. The molecular formula is C27H27F3N4O5S. The average molecular weight is 577 g/mol. The molecular weight excluding hydrogens is 549 g/mol. The number of fused-ring (bicyclic) bond motifs is 1. The number of halogens is 3. The van der Waals surface area contributed by atoms with E-state index in [1.165, 1.54) is 35.9 Å². The second kappa shape index (κ2) is 11.5. The molecule has 0 radical (unpaired) electrons. The van der Waals surface area contributed by atoms with Crippen molar-refractivity contribution in [2.24, 2.45) is 0 Å². The van der Waals surface area contributed by atoms with Gasteiger partial charge in [-0.15, -0.1) is 5.10 Å². The van der Waals surface area contributed by atoms with Gasteiger partial charge in [-0.1, -0.05) is 12.1 Å². The van der Waals surface area contributed by atoms with Gasteiger partial charge in [0.2, 0.25) is 5.88 Å². The highest BCUT2D eigenvalue weighted by atomic mass is 32.2. The minimum absolute atomic E-state index is 0.0233. The molecule has 13 heteroatoms. The minimum atomic E-state index is -4.57. The first-order chi connectivity index (χ1) is 19.2. The number of benzene rings is 2. The van der Waals surface area contributed by atoms with Crippen LogP contribution in [0.5, 0.6) is 11.6 Å². The fourth-order valence-electron chi connectivity index (χ4n) is 4.68. The van der Waals surface area contributed by atoms with Crippen molar-refractivity contribution in [2.75, 3.05) is 53.6 Å². The quantitative estimate of drug-likeness (QED) is 0.363. The van der Waals surface area contributed by atoms with Crippen molar-refractivity contribution in [2.45, 2.75) is 12.7 Å². The molecule has 3 aromatic rings. The van der Waals surface area contributed by atoms with E-state index in [9.17, 15) is 22.8 Å². The summed E-state index contributed by atoms with van der Waals surface area (Å²) in [5.74, 6) is -0.0229. The zero-order valence-corrected chi connectivity index (χ0v) is 22.7. The minimum Gasteiger partial charge on any atom is -0.497 e. The molecule has 2 saturated heterocycles. The Labute approximate surface area is 232 Å². The molecule has 3 heterocycles. The van der Waals surface area contributed by atoms with Crippen molar-refractivity contribution in [1.82, 2.24) is 19.6 Å². The molecule has 0 aliphatic carbocycles. The lowest BCUT2D eigenvalue weighted by molar-refractivity contribution is -0.138. The summed E-state index contributed by atoms with van der Waals surface area (Å²) in [6, 6.07) is 8.96. The number of methoxy groups -OCH3 is 2. The molecule has 2 fully saturated rings. The van der Waals surface area contributed by atoms with Crippen LogP contribution in [0.25, 0.3) is 17.0 Å². The molecule has 2 aromatic carbocycles. The predicted octanol–water partition coefficient (Wildman–Crippen LogP) is 4.49. The fraction of sp³-hybridized carbons (Fsp3) is 0.370. The first-order valence-electron chi connectivity index (χ1n) is 12.5. The first-order valence-corrected chi connectivity index (χ1v) is 13.3. The van der Waals surface area contributed by atoms with E-state index in [-0.39, 0.29) is 34.9 Å². The van der Waals surface area contributed by atoms with E-state index >= 15 is 0 Å². The van der Waals surface area contributed by atoms with Crippen molar-refractivity contribution in [3.05, 3.63) is 58.0 Å². The summed E-state index contributed by atoms with van der Waals surface area (Å²) in [5, 5.41) is 4.61. The van der Waals surface area contributed by atoms with Crippen molar-refractivity contribution in [3.8, 4) is 11.6 Å². The van der Waals surface area contributed by atoms with Crippen LogP contribution in [-0.2, 0) is 22.3 Å². The number of hydrogen-bond acceptors (Lipinski definition) is 8. The van der Waals surface area contributed by atoms with E-state index in [1.54, 1.807) is 24.3 Å². The highest BCUT2D eigenvalue weighted by Crippen LogP contribution is 2.37. The van der Waals surface area contributed by atoms with Gasteiger partial charge in [-0.2, -0.15) is 13.2 Å². The van der Waals surface area contributed by atoms with Crippen LogP contribution in [-0.4, -0.2) is 84.3 Å². The van der Waals surface area contributed by atoms with Gasteiger partial charge in [-0.25, -0.2) is 0 Å². The highest BCUT2D eigenvalue weighted by Gasteiger charge is 2.36. The molecule has 212 valence electrons. The molecule has 40 heavy (non-hydrogen) atoms. The maximum atomic E-state index is 13.7. The number of imide groups is 1. The molecule has 2 aliphatic rings. The van der Waals surface area contributed by atoms with E-state index in [0.29, 0.717) is 47.7 Å². The third-order valence-electron chi connectivity index (χ3n) is 6.79. The molecule has 0 bridgehead atoms. The van der Waals surface area contributed by atoms with E-state index in [0.717, 1.165) is 30.9 Å². The van der Waals surface area contributed by atoms with Crippen molar-refractivity contribution in [1.29, 1.82) is 0 Å². The molecule has 0 unspecified atom stereocenters. The van der Waals surface area contributed by atoms with Crippen molar-refractivity contribution < 1.29 is 37.0 Å². The summed E-state index contributed by atoms with van der Waals surface area (Å²) in [4.78, 5) is 29.2. The Hall–Kier alpha value is -3.55. The third-order valence-corrected chi connectivity index (χ3v) is 7.70. The standard InChI is InChI=1S/C27H27F3N4O5S/c1-37-19-5-4-18(21(15-19)27(28,29)30)16-34-22-6-3-17(13-20(22)24(31-34)38-2)14-23-25(35)33(26(36)40-23)8-7-32-9-11-39-12-10-32/h3-6,13-15H,7-12,16H2,1-2H3. The summed E-state index contributed by atoms with van der Waals surface area (Å²) >= 11 is 0.879. The Morgan fingerprint density at radius 1 is 1.05 bits per heavy atom. The summed E-state index contributed by atoms with van der Waals surface area (Å²) in [6.45, 7) is 3.52. The fourth-order valence-corrected chi connectivity index (χ4v) is 5.55. The van der Waals surface area contributed by atoms with E-state index < -0.39 is 11.7 Å². The summed E-state index contributed by atoms with van der Waals surface area (Å²) < 4.78 is 58.4. The van der Waals surface area contributed by atoms with E-state index in [2.05, 4.69) is 10.00 Å². The number of alkyl halides is 3. The normalized spacial score (nSPS) is 17.8. The topological polar surface area (TPSA) is 86.1 Å². The number of amides is 2. The van der Waals surface area contributed by atoms with Gasteiger partial charge >= 0.3 is 6.18 Å². The second-order valence-corrected chi connectivity index (χ2v) is 10.2. The molecule has 0 atom stereocenters. The van der Waals surface area contributed by atoms with Gasteiger partial charge in [0.25, 0.3) is 11.1 Å². The van der Waals surface area contributed by atoms with Crippen molar-refractivity contribution >= 4 is 39.9 Å². The smallest absolute Gasteiger partial charge is 0.416 e. The van der Waals surface area contributed by atoms with Crippen LogP contribution in [0.15, 0.2) is 41.3 Å². The van der Waals surface area contributed by atoms with Crippen LogP contribution < -0.4 is 9.47 Å². The van der Waals surface area contributed by atoms with Gasteiger partial charge in [0, 0.05) is 26.2 Å². The van der Waals surface area contributed by atoms with Crippen molar-refractivity contribution in [3.63, 3.8) is 0 Å². The van der Waals surface area contributed by atoms with Crippen LogP contribution in [0.1, 0.15) is 16.7 Å². The molecule has 0 spiro atoms. The molecule has 0 saturated carbocycles. The summed E-state index contributed by atoms with van der Waals surface area (Å²) in [6.07, 6.45) is -2.95. The van der Waals surface area contributed by atoms with E-state index in [1.807, 2.05) is 0 Å². The number of ether oxygens (including phenoxy) is 3. The third kappa shape index (κ3) is 5.81. The SMILES string of the molecule is COc1ccc(Cn2nc(OC)c3cc(C=C4SC(=O)N(CCN5CCOCC5)C4=O)ccc32)c(C(F)(F)F)c1. The predicted molar refractivity (Wildman–Crippen MR) is 143 cm³/mol. The number of aromatic nitrogens is 2. The first kappa shape index (κ1) is 28.0. The largest absolute Gasteiger partial charge is 0.497 e. The number of hydrogen-bond donors (Lipinski definition) is 0. The Kier molecular flexibility index (Phi) is 8.06. The monoisotopic (exact) mass is 576 g/mol. The molecule has 2 amide bonds. The van der Waals surface area contributed by atoms with Crippen LogP contribution >= 0.6 is 11.8 Å². The van der Waals surface area contributed by atoms with Gasteiger partial charge < -0.3 is 14.2 Å². The zero-order chi connectivity index (χ0) is 28.4. The van der Waals surface area contributed by atoms with Gasteiger partial charge in [0.05, 0.1) is 55.3 Å². The number of rotatable bonds is 8. The van der Waals surface area contributed by atoms with Gasteiger partial charge in [0.1, 0.15) is 5.75 Å². The maximum absolute atomic E-state index is 13.7. The number of nitrogens with zero attached hydrogens (tertiary/aromatic N) is 4. The molecule has 2 aliphatic heterocycles. The molecule has 0 N–H and O–H groups in total. The highest BCUT2D eigenvalue weighted by molar-refractivity contribution is 8.18. The molecule has 5 rings (SSSR count). The summed E-state index contributed by atoms with van der Waals surface area (Å²) in [7, 11) is 2.73. The number of carbonyl (C=O) groups excluding carboxylic acids is 2. The number of morpholine rings is 1. The van der Waals surface area contributed by atoms with Gasteiger partial charge in [-0.3, -0.25) is 24.1 Å². The Morgan fingerprint density at radius 2 is 1.82 bits per heavy atom. The van der Waals surface area contributed by atoms with Crippen LogP contribution in [0, 0.1) is 0 Å². The van der Waals surface area contributed by atoms with Gasteiger partial charge in [0.15, 0.2) is 0 Å². The Balaban J connectivity index is 1.39.